The van der Waals surface area contributed by atoms with Crippen LogP contribution in [0.25, 0.3) is 23.1 Å². The molecule has 0 aliphatic carbocycles. The molecule has 0 unspecified atom stereocenters. The zero-order valence-corrected chi connectivity index (χ0v) is 26.4. The van der Waals surface area contributed by atoms with E-state index in [-0.39, 0.29) is 5.97 Å². The highest BCUT2D eigenvalue weighted by Gasteiger charge is 2.37. The quantitative estimate of drug-likeness (QED) is 0.0841. The third-order valence-corrected chi connectivity index (χ3v) is 7.55. The predicted molar refractivity (Wildman–Crippen MR) is 179 cm³/mol. The molecule has 0 spiro atoms. The number of carbonyl (C=O) groups is 1. The predicted octanol–water partition coefficient (Wildman–Crippen LogP) is 9.10. The maximum Gasteiger partial charge on any atom is 0.338 e. The number of furan rings is 1. The molecule has 2 aromatic carbocycles. The summed E-state index contributed by atoms with van der Waals surface area (Å²) < 4.78 is 17.3. The first-order valence-corrected chi connectivity index (χ1v) is 15.2. The van der Waals surface area contributed by atoms with Crippen molar-refractivity contribution in [3.05, 3.63) is 129 Å². The molecule has 0 saturated heterocycles. The number of hydrogen-bond donors (Lipinski definition) is 0. The van der Waals surface area contributed by atoms with Crippen molar-refractivity contribution >= 4 is 29.9 Å². The SMILES string of the molecule is [C-]#[N+]C1=C(/C=C/c2ccc(/C=C/c3ccc(N(CC)CCCCCOC(=O)c4ccccc4)cc3)o2)C(C)(C)OC1=C(C)C#N. The van der Waals surface area contributed by atoms with Crippen molar-refractivity contribution in [3.8, 4) is 6.07 Å². The van der Waals surface area contributed by atoms with Crippen molar-refractivity contribution < 1.29 is 18.7 Å². The van der Waals surface area contributed by atoms with Crippen LogP contribution in [-0.2, 0) is 9.47 Å². The van der Waals surface area contributed by atoms with E-state index in [1.54, 1.807) is 19.1 Å². The van der Waals surface area contributed by atoms with Crippen LogP contribution in [0.15, 0.2) is 99.8 Å². The summed E-state index contributed by atoms with van der Waals surface area (Å²) in [5, 5.41) is 9.29. The molecule has 0 saturated carbocycles. The molecule has 0 fully saturated rings. The van der Waals surface area contributed by atoms with Gasteiger partial charge in [0, 0.05) is 24.4 Å². The largest absolute Gasteiger partial charge is 0.494 e. The van der Waals surface area contributed by atoms with Gasteiger partial charge in [-0.05, 0) is 101 Å². The number of nitriles is 1. The van der Waals surface area contributed by atoms with Gasteiger partial charge in [0.25, 0.3) is 0 Å². The molecule has 1 aliphatic heterocycles. The molecule has 1 aromatic heterocycles. The van der Waals surface area contributed by atoms with Crippen molar-refractivity contribution in [3.63, 3.8) is 0 Å². The van der Waals surface area contributed by atoms with Gasteiger partial charge in [-0.2, -0.15) is 5.26 Å². The summed E-state index contributed by atoms with van der Waals surface area (Å²) in [5.41, 5.74) is 3.55. The zero-order chi connectivity index (χ0) is 32.2. The molecule has 3 aromatic rings. The molecule has 0 bridgehead atoms. The normalized spacial score (nSPS) is 15.2. The Kier molecular flexibility index (Phi) is 11.2. The van der Waals surface area contributed by atoms with Gasteiger partial charge in [-0.25, -0.2) is 9.64 Å². The minimum atomic E-state index is -0.724. The first-order chi connectivity index (χ1) is 21.7. The molecular weight excluding hydrogens is 562 g/mol. The van der Waals surface area contributed by atoms with Gasteiger partial charge in [-0.15, -0.1) is 0 Å². The highest BCUT2D eigenvalue weighted by Crippen LogP contribution is 2.41. The lowest BCUT2D eigenvalue weighted by Crippen LogP contribution is -2.23. The fraction of sp³-hybridized carbons (Fsp3) is 0.289. The summed E-state index contributed by atoms with van der Waals surface area (Å²) in [7, 11) is 0. The number of unbranched alkanes of at least 4 members (excludes halogenated alkanes) is 2. The number of anilines is 1. The monoisotopic (exact) mass is 601 g/mol. The molecule has 230 valence electrons. The van der Waals surface area contributed by atoms with E-state index in [1.807, 2.05) is 68.5 Å². The molecule has 0 radical (unpaired) electrons. The Bertz CT molecular complexity index is 1680. The number of rotatable bonds is 13. The maximum absolute atomic E-state index is 12.1. The van der Waals surface area contributed by atoms with Crippen molar-refractivity contribution in [1.29, 1.82) is 5.26 Å². The van der Waals surface area contributed by atoms with E-state index >= 15 is 0 Å². The standard InChI is InChI=1S/C38H39N3O4/c1-6-41(25-11-8-12-26-43-37(42)30-13-9-7-10-14-30)31-18-15-29(16-19-31)17-20-32-21-22-33(44-32)23-24-34-35(40-5)36(28(2)27-39)45-38(34,3)4/h7,9-10,13-24H,6,8,11-12,25-26H2,1-4H3/b20-17+,24-23+,36-28?. The first kappa shape index (κ1) is 32.6. The zero-order valence-electron chi connectivity index (χ0n) is 26.4. The summed E-state index contributed by atoms with van der Waals surface area (Å²) in [5.74, 6) is 1.44. The second kappa shape index (κ2) is 15.5. The molecule has 0 N–H and O–H groups in total. The fourth-order valence-electron chi connectivity index (χ4n) is 5.02. The number of allylic oxidation sites excluding steroid dienone is 1. The number of carbonyl (C=O) groups excluding carboxylic acids is 1. The van der Waals surface area contributed by atoms with Gasteiger partial charge in [0.1, 0.15) is 22.9 Å². The number of hydrogen-bond acceptors (Lipinski definition) is 6. The lowest BCUT2D eigenvalue weighted by atomic mass is 9.97. The van der Waals surface area contributed by atoms with Crippen LogP contribution in [0.5, 0.6) is 0 Å². The molecule has 1 aliphatic rings. The molecule has 0 amide bonds. The Morgan fingerprint density at radius 3 is 2.31 bits per heavy atom. The number of benzene rings is 2. The van der Waals surface area contributed by atoms with Crippen molar-refractivity contribution in [2.24, 2.45) is 0 Å². The summed E-state index contributed by atoms with van der Waals surface area (Å²) >= 11 is 0. The minimum absolute atomic E-state index is 0.267. The summed E-state index contributed by atoms with van der Waals surface area (Å²) in [6, 6.07) is 23.4. The third kappa shape index (κ3) is 8.65. The van der Waals surface area contributed by atoms with Crippen LogP contribution in [0.3, 0.4) is 0 Å². The summed E-state index contributed by atoms with van der Waals surface area (Å²) in [6.45, 7) is 17.5. The van der Waals surface area contributed by atoms with Crippen molar-refractivity contribution in [2.45, 2.75) is 52.6 Å². The van der Waals surface area contributed by atoms with Crippen LogP contribution in [-0.4, -0.2) is 31.3 Å². The van der Waals surface area contributed by atoms with Gasteiger partial charge in [0.2, 0.25) is 5.70 Å². The number of nitrogens with zero attached hydrogens (tertiary/aromatic N) is 3. The van der Waals surface area contributed by atoms with Crippen LogP contribution < -0.4 is 4.90 Å². The number of esters is 1. The minimum Gasteiger partial charge on any atom is -0.494 e. The Hall–Kier alpha value is -5.27. The molecule has 0 atom stereocenters. The molecule has 2 heterocycles. The highest BCUT2D eigenvalue weighted by atomic mass is 16.5. The Labute approximate surface area is 266 Å². The van der Waals surface area contributed by atoms with Crippen molar-refractivity contribution in [1.82, 2.24) is 0 Å². The molecule has 45 heavy (non-hydrogen) atoms. The maximum atomic E-state index is 12.1. The van der Waals surface area contributed by atoms with Gasteiger partial charge in [-0.3, -0.25) is 0 Å². The number of ether oxygens (including phenoxy) is 2. The topological polar surface area (TPSA) is 80.1 Å². The Morgan fingerprint density at radius 1 is 0.978 bits per heavy atom. The highest BCUT2D eigenvalue weighted by molar-refractivity contribution is 5.89. The van der Waals surface area contributed by atoms with Crippen LogP contribution in [0, 0.1) is 17.9 Å². The first-order valence-electron chi connectivity index (χ1n) is 15.2. The van der Waals surface area contributed by atoms with E-state index in [2.05, 4.69) is 47.0 Å². The van der Waals surface area contributed by atoms with Crippen LogP contribution in [0.4, 0.5) is 5.69 Å². The molecule has 4 rings (SSSR count). The average Bonchev–Trinajstić information content (AvgIpc) is 3.62. The Morgan fingerprint density at radius 2 is 1.67 bits per heavy atom. The lowest BCUT2D eigenvalue weighted by molar-refractivity contribution is 0.0498. The second-order valence-corrected chi connectivity index (χ2v) is 11.2. The van der Waals surface area contributed by atoms with E-state index in [1.165, 1.54) is 5.69 Å². The van der Waals surface area contributed by atoms with Gasteiger partial charge in [0.05, 0.1) is 30.4 Å². The van der Waals surface area contributed by atoms with Gasteiger partial charge in [0.15, 0.2) is 0 Å². The van der Waals surface area contributed by atoms with E-state index < -0.39 is 5.60 Å². The smallest absolute Gasteiger partial charge is 0.338 e. The average molecular weight is 602 g/mol. The van der Waals surface area contributed by atoms with E-state index in [9.17, 15) is 10.1 Å². The molecule has 7 heteroatoms. The van der Waals surface area contributed by atoms with Crippen LogP contribution in [0.2, 0.25) is 0 Å². The summed E-state index contributed by atoms with van der Waals surface area (Å²) in [4.78, 5) is 18.0. The van der Waals surface area contributed by atoms with Crippen LogP contribution >= 0.6 is 0 Å². The lowest BCUT2D eigenvalue weighted by Gasteiger charge is -2.23. The van der Waals surface area contributed by atoms with E-state index in [0.29, 0.717) is 46.3 Å². The Balaban J connectivity index is 1.27. The fourth-order valence-corrected chi connectivity index (χ4v) is 5.02. The summed E-state index contributed by atoms with van der Waals surface area (Å²) in [6.07, 6.45) is 10.4. The second-order valence-electron chi connectivity index (χ2n) is 11.2. The molecule has 7 nitrogen and oxygen atoms in total. The third-order valence-electron chi connectivity index (χ3n) is 7.55. The van der Waals surface area contributed by atoms with E-state index in [0.717, 1.165) is 37.9 Å². The van der Waals surface area contributed by atoms with Gasteiger partial charge in [-0.1, -0.05) is 42.5 Å². The van der Waals surface area contributed by atoms with E-state index in [4.69, 9.17) is 20.5 Å². The van der Waals surface area contributed by atoms with Crippen LogP contribution in [0.1, 0.15) is 74.4 Å². The van der Waals surface area contributed by atoms with Gasteiger partial charge >= 0.3 is 5.97 Å². The van der Waals surface area contributed by atoms with Crippen molar-refractivity contribution in [2.75, 3.05) is 24.6 Å². The van der Waals surface area contributed by atoms with Gasteiger partial charge < -0.3 is 18.8 Å². The molecular formula is C38H39N3O4.